The van der Waals surface area contributed by atoms with E-state index in [9.17, 15) is 0 Å². The number of nitrogens with one attached hydrogen (secondary N) is 1. The van der Waals surface area contributed by atoms with E-state index in [2.05, 4.69) is 48.2 Å². The lowest BCUT2D eigenvalue weighted by molar-refractivity contribution is 1.11. The molecule has 4 aromatic rings. The molecule has 0 aliphatic heterocycles. The highest BCUT2D eigenvalue weighted by Crippen LogP contribution is 2.45. The molecule has 1 aromatic heterocycles. The summed E-state index contributed by atoms with van der Waals surface area (Å²) in [6.07, 6.45) is 1.57. The Morgan fingerprint density at radius 3 is 2.28 bits per heavy atom. The van der Waals surface area contributed by atoms with Gasteiger partial charge in [-0.15, -0.1) is 0 Å². The van der Waals surface area contributed by atoms with Gasteiger partial charge in [0.05, 0.1) is 23.5 Å². The highest BCUT2D eigenvalue weighted by molar-refractivity contribution is 9.11. The minimum atomic E-state index is 0.384. The highest BCUT2D eigenvalue weighted by Gasteiger charge is 2.23. The summed E-state index contributed by atoms with van der Waals surface area (Å²) in [7, 11) is 0. The number of nitrogens with zero attached hydrogens (tertiary/aromatic N) is 4. The number of para-hydroxylation sites is 1. The summed E-state index contributed by atoms with van der Waals surface area (Å²) in [6.45, 7) is 2.03. The van der Waals surface area contributed by atoms with Gasteiger partial charge in [0, 0.05) is 20.3 Å². The number of hydrogen-bond donors (Lipinski definition) is 1. The van der Waals surface area contributed by atoms with Crippen molar-refractivity contribution in [3.8, 4) is 6.07 Å². The molecule has 5 nitrogen and oxygen atoms in total. The van der Waals surface area contributed by atoms with Crippen LogP contribution in [0.2, 0.25) is 5.02 Å². The molecule has 0 atom stereocenters. The van der Waals surface area contributed by atoms with E-state index < -0.39 is 0 Å². The first-order valence-electron chi connectivity index (χ1n) is 9.57. The van der Waals surface area contributed by atoms with Crippen LogP contribution in [-0.2, 0) is 0 Å². The summed E-state index contributed by atoms with van der Waals surface area (Å²) in [5.74, 6) is 0.906. The van der Waals surface area contributed by atoms with Crippen LogP contribution in [0.1, 0.15) is 11.1 Å². The van der Waals surface area contributed by atoms with Gasteiger partial charge in [0.2, 0.25) is 5.95 Å². The zero-order chi connectivity index (χ0) is 22.7. The van der Waals surface area contributed by atoms with Gasteiger partial charge in [-0.1, -0.05) is 29.8 Å². The number of rotatable bonds is 5. The molecular formula is C24H16Br2ClN5. The maximum absolute atomic E-state index is 9.00. The first-order chi connectivity index (χ1) is 15.5. The Morgan fingerprint density at radius 2 is 1.66 bits per heavy atom. The average molecular weight is 570 g/mol. The second-order valence-corrected chi connectivity index (χ2v) is 9.04. The van der Waals surface area contributed by atoms with Crippen molar-refractivity contribution in [2.45, 2.75) is 6.92 Å². The Kier molecular flexibility index (Phi) is 6.75. The topological polar surface area (TPSA) is 64.8 Å². The third-order valence-electron chi connectivity index (χ3n) is 4.61. The average Bonchev–Trinajstić information content (AvgIpc) is 2.79. The van der Waals surface area contributed by atoms with E-state index in [1.54, 1.807) is 30.5 Å². The van der Waals surface area contributed by atoms with Crippen LogP contribution in [0.3, 0.4) is 0 Å². The van der Waals surface area contributed by atoms with Gasteiger partial charge < -0.3 is 5.32 Å². The third kappa shape index (κ3) is 4.78. The van der Waals surface area contributed by atoms with Crippen LogP contribution in [0.4, 0.5) is 28.8 Å². The molecule has 32 heavy (non-hydrogen) atoms. The van der Waals surface area contributed by atoms with Crippen LogP contribution in [0.15, 0.2) is 81.9 Å². The molecule has 0 radical (unpaired) electrons. The smallest absolute Gasteiger partial charge is 0.229 e. The Labute approximate surface area is 208 Å². The van der Waals surface area contributed by atoms with Gasteiger partial charge in [-0.2, -0.15) is 10.2 Å². The fraction of sp³-hybridized carbons (Fsp3) is 0.0417. The van der Waals surface area contributed by atoms with E-state index in [-0.39, 0.29) is 0 Å². The summed E-state index contributed by atoms with van der Waals surface area (Å²) in [6, 6.07) is 23.1. The van der Waals surface area contributed by atoms with Gasteiger partial charge in [-0.3, -0.25) is 4.90 Å². The maximum Gasteiger partial charge on any atom is 0.229 e. The lowest BCUT2D eigenvalue weighted by atomic mass is 10.2. The molecule has 0 bridgehead atoms. The molecule has 0 aliphatic carbocycles. The number of anilines is 5. The summed E-state index contributed by atoms with van der Waals surface area (Å²) >= 11 is 14.0. The van der Waals surface area contributed by atoms with Gasteiger partial charge in [0.15, 0.2) is 5.82 Å². The molecule has 8 heteroatoms. The zero-order valence-electron chi connectivity index (χ0n) is 16.9. The van der Waals surface area contributed by atoms with E-state index in [4.69, 9.17) is 21.8 Å². The number of hydrogen-bond acceptors (Lipinski definition) is 5. The van der Waals surface area contributed by atoms with Gasteiger partial charge in [-0.25, -0.2) is 4.98 Å². The Morgan fingerprint density at radius 1 is 1.00 bits per heavy atom. The van der Waals surface area contributed by atoms with Crippen LogP contribution in [0.5, 0.6) is 0 Å². The van der Waals surface area contributed by atoms with Crippen molar-refractivity contribution < 1.29 is 0 Å². The normalized spacial score (nSPS) is 10.5. The molecule has 158 valence electrons. The van der Waals surface area contributed by atoms with Crippen molar-refractivity contribution in [1.29, 1.82) is 5.26 Å². The number of aryl methyl sites for hydroxylation is 1. The highest BCUT2D eigenvalue weighted by atomic mass is 79.9. The third-order valence-corrected chi connectivity index (χ3v) is 6.08. The Bertz CT molecular complexity index is 1280. The van der Waals surface area contributed by atoms with Crippen LogP contribution < -0.4 is 10.2 Å². The molecule has 4 rings (SSSR count). The minimum absolute atomic E-state index is 0.384. The molecule has 1 heterocycles. The van der Waals surface area contributed by atoms with E-state index in [0.29, 0.717) is 22.4 Å². The first-order valence-corrected chi connectivity index (χ1v) is 11.5. The molecular weight excluding hydrogens is 554 g/mol. The van der Waals surface area contributed by atoms with Gasteiger partial charge in [0.1, 0.15) is 5.02 Å². The van der Waals surface area contributed by atoms with Crippen LogP contribution in [-0.4, -0.2) is 9.97 Å². The molecule has 3 aromatic carbocycles. The molecule has 0 saturated heterocycles. The van der Waals surface area contributed by atoms with E-state index in [0.717, 1.165) is 31.6 Å². The molecule has 0 saturated carbocycles. The second kappa shape index (κ2) is 9.70. The molecule has 0 aliphatic rings. The predicted octanol–water partition coefficient (Wildman–Crippen LogP) is 8.05. The maximum atomic E-state index is 9.00. The minimum Gasteiger partial charge on any atom is -0.324 e. The lowest BCUT2D eigenvalue weighted by Crippen LogP contribution is -2.15. The number of halogens is 3. The summed E-state index contributed by atoms with van der Waals surface area (Å²) in [5, 5.41) is 12.6. The largest absolute Gasteiger partial charge is 0.324 e. The predicted molar refractivity (Wildman–Crippen MR) is 136 cm³/mol. The molecule has 0 unspecified atom stereocenters. The van der Waals surface area contributed by atoms with Crippen LogP contribution in [0.25, 0.3) is 0 Å². The van der Waals surface area contributed by atoms with Crippen molar-refractivity contribution in [2.75, 3.05) is 10.2 Å². The Balaban J connectivity index is 1.83. The van der Waals surface area contributed by atoms with Crippen LogP contribution in [0, 0.1) is 18.3 Å². The molecule has 1 N–H and O–H groups in total. The van der Waals surface area contributed by atoms with Crippen molar-refractivity contribution in [1.82, 2.24) is 9.97 Å². The SMILES string of the molecule is Cc1cc(Br)c(N(c2ccccc2)c2nc(Nc3ccc(C#N)cc3)ncc2Cl)c(Br)c1. The molecule has 0 spiro atoms. The van der Waals surface area contributed by atoms with Gasteiger partial charge >= 0.3 is 0 Å². The van der Waals surface area contributed by atoms with Gasteiger partial charge in [0.25, 0.3) is 0 Å². The molecule has 0 fully saturated rings. The zero-order valence-corrected chi connectivity index (χ0v) is 20.8. The lowest BCUT2D eigenvalue weighted by Gasteiger charge is -2.27. The van der Waals surface area contributed by atoms with Crippen molar-refractivity contribution in [3.63, 3.8) is 0 Å². The fourth-order valence-corrected chi connectivity index (χ4v) is 5.12. The number of aromatic nitrogens is 2. The van der Waals surface area contributed by atoms with E-state index in [1.165, 1.54) is 0 Å². The number of benzene rings is 3. The first kappa shape index (κ1) is 22.3. The number of nitriles is 1. The standard InChI is InChI=1S/C24H16Br2ClN5/c1-15-11-19(25)22(20(26)12-15)32(18-5-3-2-4-6-18)23-21(27)14-29-24(31-23)30-17-9-7-16(13-28)8-10-17/h2-12,14H,1H3,(H,29,30,31). The van der Waals surface area contributed by atoms with Crippen molar-refractivity contribution in [3.05, 3.63) is 98.0 Å². The fourth-order valence-electron chi connectivity index (χ4n) is 3.17. The van der Waals surface area contributed by atoms with E-state index in [1.807, 2.05) is 54.3 Å². The summed E-state index contributed by atoms with van der Waals surface area (Å²) in [5.41, 5.74) is 4.21. The second-order valence-electron chi connectivity index (χ2n) is 6.93. The Hall–Kier alpha value is -2.92. The van der Waals surface area contributed by atoms with Gasteiger partial charge in [-0.05, 0) is 92.9 Å². The summed E-state index contributed by atoms with van der Waals surface area (Å²) < 4.78 is 1.79. The van der Waals surface area contributed by atoms with Crippen LogP contribution >= 0.6 is 43.5 Å². The summed E-state index contributed by atoms with van der Waals surface area (Å²) in [4.78, 5) is 11.0. The monoisotopic (exact) mass is 567 g/mol. The van der Waals surface area contributed by atoms with E-state index >= 15 is 0 Å². The quantitative estimate of drug-likeness (QED) is 0.263. The molecule has 0 amide bonds. The van der Waals surface area contributed by atoms with Crippen molar-refractivity contribution in [2.24, 2.45) is 0 Å². The van der Waals surface area contributed by atoms with Crippen molar-refractivity contribution >= 4 is 72.3 Å².